The van der Waals surface area contributed by atoms with E-state index in [4.69, 9.17) is 17.0 Å². The molecule has 0 aromatic heterocycles. The molecule has 0 saturated carbocycles. The molecule has 0 radical (unpaired) electrons. The Morgan fingerprint density at radius 2 is 1.79 bits per heavy atom. The van der Waals surface area contributed by atoms with Gasteiger partial charge < -0.3 is 15.4 Å². The summed E-state index contributed by atoms with van der Waals surface area (Å²) in [6.45, 7) is 2.18. The maximum absolute atomic E-state index is 12.8. The fraction of sp³-hybridized carbons (Fsp3) is 0.286. The summed E-state index contributed by atoms with van der Waals surface area (Å²) in [6.07, 6.45) is 1.17. The van der Waals surface area contributed by atoms with Gasteiger partial charge in [0, 0.05) is 6.54 Å². The predicted molar refractivity (Wildman–Crippen MR) is 114 cm³/mol. The highest BCUT2D eigenvalue weighted by molar-refractivity contribution is 7.80. The number of thiocarbonyl (C=S) groups is 1. The van der Waals surface area contributed by atoms with Gasteiger partial charge in [0.25, 0.3) is 5.91 Å². The van der Waals surface area contributed by atoms with Crippen LogP contribution in [0.15, 0.2) is 54.6 Å². The second-order valence-corrected chi connectivity index (χ2v) is 7.44. The van der Waals surface area contributed by atoms with E-state index in [1.165, 1.54) is 0 Å². The van der Waals surface area contributed by atoms with Crippen molar-refractivity contribution in [2.45, 2.75) is 31.8 Å². The Labute approximate surface area is 175 Å². The van der Waals surface area contributed by atoms with Crippen LogP contribution < -0.4 is 20.8 Å². The van der Waals surface area contributed by atoms with E-state index in [2.05, 4.69) is 16.1 Å². The van der Waals surface area contributed by atoms with E-state index in [1.54, 1.807) is 14.0 Å². The van der Waals surface area contributed by atoms with Crippen LogP contribution in [0.5, 0.6) is 5.75 Å². The van der Waals surface area contributed by atoms with E-state index >= 15 is 0 Å². The Morgan fingerprint density at radius 3 is 2.45 bits per heavy atom. The molecule has 152 valence electrons. The maximum atomic E-state index is 12.8. The first kappa shape index (κ1) is 20.6. The largest absolute Gasteiger partial charge is 0.497 e. The Hall–Kier alpha value is -3.13. The molecule has 2 aromatic carbocycles. The van der Waals surface area contributed by atoms with E-state index in [1.807, 2.05) is 54.6 Å². The van der Waals surface area contributed by atoms with Crippen LogP contribution in [-0.4, -0.2) is 34.7 Å². The van der Waals surface area contributed by atoms with E-state index in [-0.39, 0.29) is 11.0 Å². The van der Waals surface area contributed by atoms with Crippen LogP contribution in [0.1, 0.15) is 24.5 Å². The van der Waals surface area contributed by atoms with Crippen molar-refractivity contribution in [2.24, 2.45) is 0 Å². The molecule has 1 atom stereocenters. The standard InChI is InChI=1S/C21H24N4O3S/c1-21(13-12-15-6-4-3-5-7-15)18(26)25(20(27)23-21)24-19(29)22-14-16-8-10-17(28-2)11-9-16/h3-11H,12-14H2,1-2H3,(H,23,27)(H2,22,24,29)/t21-/m0/s1. The number of urea groups is 1. The van der Waals surface area contributed by atoms with Gasteiger partial charge in [-0.15, -0.1) is 0 Å². The Morgan fingerprint density at radius 1 is 1.10 bits per heavy atom. The Balaban J connectivity index is 1.53. The molecular formula is C21H24N4O3S. The van der Waals surface area contributed by atoms with Crippen LogP contribution in [0.2, 0.25) is 0 Å². The number of hydrogen-bond donors (Lipinski definition) is 3. The number of methoxy groups -OCH3 is 1. The van der Waals surface area contributed by atoms with Gasteiger partial charge in [0.15, 0.2) is 5.11 Å². The molecule has 1 aliphatic rings. The number of ether oxygens (including phenoxy) is 1. The van der Waals surface area contributed by atoms with Crippen molar-refractivity contribution in [3.05, 3.63) is 65.7 Å². The molecule has 2 aromatic rings. The third kappa shape index (κ3) is 5.03. The number of nitrogens with zero attached hydrogens (tertiary/aromatic N) is 1. The van der Waals surface area contributed by atoms with Gasteiger partial charge in [-0.3, -0.25) is 10.2 Å². The van der Waals surface area contributed by atoms with Crippen molar-refractivity contribution < 1.29 is 14.3 Å². The average molecular weight is 413 g/mol. The number of hydrazine groups is 1. The van der Waals surface area contributed by atoms with Gasteiger partial charge in [0.2, 0.25) is 0 Å². The van der Waals surface area contributed by atoms with E-state index in [0.29, 0.717) is 19.4 Å². The molecule has 0 bridgehead atoms. The third-order valence-electron chi connectivity index (χ3n) is 4.84. The number of carbonyl (C=O) groups excluding carboxylic acids is 2. The zero-order valence-electron chi connectivity index (χ0n) is 16.4. The maximum Gasteiger partial charge on any atom is 0.344 e. The zero-order valence-corrected chi connectivity index (χ0v) is 17.2. The summed E-state index contributed by atoms with van der Waals surface area (Å²) in [5, 5.41) is 6.89. The third-order valence-corrected chi connectivity index (χ3v) is 5.08. The monoisotopic (exact) mass is 412 g/mol. The molecule has 0 unspecified atom stereocenters. The number of benzene rings is 2. The molecular weight excluding hydrogens is 388 g/mol. The highest BCUT2D eigenvalue weighted by atomic mass is 32.1. The minimum atomic E-state index is -0.981. The molecule has 1 fully saturated rings. The SMILES string of the molecule is COc1ccc(CNC(=S)NN2C(=O)N[C@@](C)(CCc3ccccc3)C2=O)cc1. The predicted octanol–water partition coefficient (Wildman–Crippen LogP) is 2.52. The van der Waals surface area contributed by atoms with Crippen LogP contribution in [0.4, 0.5) is 4.79 Å². The Bertz CT molecular complexity index is 889. The van der Waals surface area contributed by atoms with Gasteiger partial charge in [0.1, 0.15) is 11.3 Å². The van der Waals surface area contributed by atoms with Crippen molar-refractivity contribution >= 4 is 29.3 Å². The molecule has 7 nitrogen and oxygen atoms in total. The van der Waals surface area contributed by atoms with Gasteiger partial charge in [-0.1, -0.05) is 42.5 Å². The van der Waals surface area contributed by atoms with Crippen LogP contribution in [-0.2, 0) is 17.8 Å². The van der Waals surface area contributed by atoms with Gasteiger partial charge in [-0.25, -0.2) is 4.79 Å². The van der Waals surface area contributed by atoms with Gasteiger partial charge in [0.05, 0.1) is 7.11 Å². The highest BCUT2D eigenvalue weighted by Crippen LogP contribution is 2.22. The number of rotatable bonds is 7. The molecule has 1 aliphatic heterocycles. The summed E-state index contributed by atoms with van der Waals surface area (Å²) in [4.78, 5) is 25.1. The highest BCUT2D eigenvalue weighted by Gasteiger charge is 2.48. The lowest BCUT2D eigenvalue weighted by atomic mass is 9.93. The fourth-order valence-corrected chi connectivity index (χ4v) is 3.22. The zero-order chi connectivity index (χ0) is 20.9. The number of carbonyl (C=O) groups is 2. The molecule has 29 heavy (non-hydrogen) atoms. The molecule has 0 aliphatic carbocycles. The molecule has 1 saturated heterocycles. The summed E-state index contributed by atoms with van der Waals surface area (Å²) in [5.41, 5.74) is 3.81. The lowest BCUT2D eigenvalue weighted by Gasteiger charge is -2.22. The summed E-state index contributed by atoms with van der Waals surface area (Å²) < 4.78 is 5.13. The van der Waals surface area contributed by atoms with Crippen LogP contribution in [0, 0.1) is 0 Å². The molecule has 1 heterocycles. The minimum Gasteiger partial charge on any atom is -0.497 e. The number of hydrogen-bond acceptors (Lipinski definition) is 4. The average Bonchev–Trinajstić information content (AvgIpc) is 2.95. The van der Waals surface area contributed by atoms with Crippen molar-refractivity contribution in [3.8, 4) is 5.75 Å². The normalized spacial score (nSPS) is 18.3. The lowest BCUT2D eigenvalue weighted by Crippen LogP contribution is -2.51. The number of imide groups is 1. The fourth-order valence-electron chi connectivity index (χ4n) is 3.06. The number of nitrogens with one attached hydrogen (secondary N) is 3. The molecule has 3 amide bonds. The van der Waals surface area contributed by atoms with Crippen LogP contribution in [0.25, 0.3) is 0 Å². The minimum absolute atomic E-state index is 0.191. The lowest BCUT2D eigenvalue weighted by molar-refractivity contribution is -0.132. The molecule has 3 N–H and O–H groups in total. The smallest absolute Gasteiger partial charge is 0.344 e. The quantitative estimate of drug-likeness (QED) is 0.479. The van der Waals surface area contributed by atoms with Crippen LogP contribution in [0.3, 0.4) is 0 Å². The topological polar surface area (TPSA) is 82.7 Å². The van der Waals surface area contributed by atoms with Crippen molar-refractivity contribution in [1.82, 2.24) is 21.1 Å². The second kappa shape index (κ2) is 8.91. The van der Waals surface area contributed by atoms with Crippen molar-refractivity contribution in [3.63, 3.8) is 0 Å². The summed E-state index contributed by atoms with van der Waals surface area (Å²) in [5.74, 6) is 0.413. The van der Waals surface area contributed by atoms with Gasteiger partial charge in [-0.05, 0) is 55.2 Å². The van der Waals surface area contributed by atoms with Crippen LogP contribution >= 0.6 is 12.2 Å². The summed E-state index contributed by atoms with van der Waals surface area (Å²) in [6, 6.07) is 16.8. The van der Waals surface area contributed by atoms with E-state index < -0.39 is 11.6 Å². The second-order valence-electron chi connectivity index (χ2n) is 7.03. The number of amides is 3. The van der Waals surface area contributed by atoms with E-state index in [0.717, 1.165) is 21.9 Å². The van der Waals surface area contributed by atoms with Crippen molar-refractivity contribution in [1.29, 1.82) is 0 Å². The van der Waals surface area contributed by atoms with Gasteiger partial charge >= 0.3 is 6.03 Å². The number of aryl methyl sites for hydroxylation is 1. The summed E-state index contributed by atoms with van der Waals surface area (Å²) in [7, 11) is 1.61. The summed E-state index contributed by atoms with van der Waals surface area (Å²) >= 11 is 5.24. The first-order valence-corrected chi connectivity index (χ1v) is 9.70. The van der Waals surface area contributed by atoms with Gasteiger partial charge in [-0.2, -0.15) is 5.01 Å². The van der Waals surface area contributed by atoms with Crippen molar-refractivity contribution in [2.75, 3.05) is 7.11 Å². The molecule has 0 spiro atoms. The molecule has 8 heteroatoms. The Kier molecular flexibility index (Phi) is 6.33. The first-order valence-electron chi connectivity index (χ1n) is 9.29. The molecule has 3 rings (SSSR count). The first-order chi connectivity index (χ1) is 13.9. The van der Waals surface area contributed by atoms with E-state index in [9.17, 15) is 9.59 Å².